The van der Waals surface area contributed by atoms with Crippen molar-refractivity contribution in [1.29, 1.82) is 0 Å². The molecule has 3 N–H and O–H groups in total. The Labute approximate surface area is 124 Å². The third-order valence-corrected chi connectivity index (χ3v) is 3.90. The van der Waals surface area contributed by atoms with E-state index < -0.39 is 6.04 Å². The Kier molecular flexibility index (Phi) is 3.31. The van der Waals surface area contributed by atoms with Crippen LogP contribution in [0.5, 0.6) is 0 Å². The van der Waals surface area contributed by atoms with E-state index in [0.717, 1.165) is 16.8 Å². The first-order valence-electron chi connectivity index (χ1n) is 6.18. The number of fused-ring (bicyclic) bond motifs is 1. The van der Waals surface area contributed by atoms with Gasteiger partial charge in [0.15, 0.2) is 0 Å². The quantitative estimate of drug-likeness (QED) is 0.886. The maximum absolute atomic E-state index is 13.9. The van der Waals surface area contributed by atoms with Gasteiger partial charge in [-0.15, -0.1) is 0 Å². The van der Waals surface area contributed by atoms with E-state index in [4.69, 9.17) is 5.73 Å². The Balaban J connectivity index is 1.97. The lowest BCUT2D eigenvalue weighted by Crippen LogP contribution is -2.13. The van der Waals surface area contributed by atoms with E-state index in [9.17, 15) is 9.18 Å². The number of nitrogens with two attached hydrogens (primary N) is 1. The molecular formula is C15H12BrFN2O. The number of carbonyl (C=O) groups is 1. The molecule has 0 aromatic heterocycles. The zero-order valence-corrected chi connectivity index (χ0v) is 12.1. The Morgan fingerprint density at radius 2 is 2.05 bits per heavy atom. The molecule has 1 aliphatic rings. The van der Waals surface area contributed by atoms with Gasteiger partial charge in [0.05, 0.1) is 12.5 Å². The normalized spacial score (nSPS) is 14.8. The second-order valence-corrected chi connectivity index (χ2v) is 5.70. The molecule has 1 aliphatic heterocycles. The van der Waals surface area contributed by atoms with Crippen molar-refractivity contribution in [3.05, 3.63) is 63.4 Å². The highest BCUT2D eigenvalue weighted by Crippen LogP contribution is 2.29. The van der Waals surface area contributed by atoms with Crippen molar-refractivity contribution in [3.8, 4) is 0 Å². The Bertz CT molecular complexity index is 702. The second-order valence-electron chi connectivity index (χ2n) is 4.79. The third-order valence-electron chi connectivity index (χ3n) is 3.41. The molecular weight excluding hydrogens is 323 g/mol. The minimum absolute atomic E-state index is 0.0273. The molecule has 0 saturated carbocycles. The van der Waals surface area contributed by atoms with Crippen molar-refractivity contribution in [3.63, 3.8) is 0 Å². The lowest BCUT2D eigenvalue weighted by molar-refractivity contribution is -0.115. The van der Waals surface area contributed by atoms with Crippen molar-refractivity contribution in [2.24, 2.45) is 5.73 Å². The average Bonchev–Trinajstić information content (AvgIpc) is 2.77. The molecule has 1 heterocycles. The van der Waals surface area contributed by atoms with E-state index >= 15 is 0 Å². The minimum atomic E-state index is -0.552. The van der Waals surface area contributed by atoms with Crippen molar-refractivity contribution >= 4 is 27.5 Å². The van der Waals surface area contributed by atoms with Crippen LogP contribution in [-0.4, -0.2) is 5.91 Å². The first-order chi connectivity index (χ1) is 9.54. The highest BCUT2D eigenvalue weighted by Gasteiger charge is 2.20. The van der Waals surface area contributed by atoms with Crippen molar-refractivity contribution in [2.75, 3.05) is 5.32 Å². The maximum atomic E-state index is 13.9. The third kappa shape index (κ3) is 2.34. The van der Waals surface area contributed by atoms with Crippen LogP contribution in [0, 0.1) is 5.82 Å². The molecule has 0 saturated heterocycles. The van der Waals surface area contributed by atoms with Crippen LogP contribution < -0.4 is 11.1 Å². The van der Waals surface area contributed by atoms with Gasteiger partial charge in [-0.05, 0) is 29.3 Å². The molecule has 0 bridgehead atoms. The van der Waals surface area contributed by atoms with Crippen LogP contribution in [0.15, 0.2) is 40.9 Å². The summed E-state index contributed by atoms with van der Waals surface area (Å²) in [7, 11) is 0. The fraction of sp³-hybridized carbons (Fsp3) is 0.133. The summed E-state index contributed by atoms with van der Waals surface area (Å²) in [6, 6.07) is 9.76. The van der Waals surface area contributed by atoms with E-state index in [2.05, 4.69) is 21.2 Å². The van der Waals surface area contributed by atoms with Crippen LogP contribution in [0.3, 0.4) is 0 Å². The van der Waals surface area contributed by atoms with Crippen molar-refractivity contribution < 1.29 is 9.18 Å². The summed E-state index contributed by atoms with van der Waals surface area (Å²) in [5.41, 5.74) is 9.07. The highest BCUT2D eigenvalue weighted by atomic mass is 79.9. The van der Waals surface area contributed by atoms with Crippen LogP contribution in [0.1, 0.15) is 22.7 Å². The van der Waals surface area contributed by atoms with Crippen LogP contribution in [0.2, 0.25) is 0 Å². The van der Waals surface area contributed by atoms with Crippen LogP contribution >= 0.6 is 15.9 Å². The molecule has 0 fully saturated rings. The van der Waals surface area contributed by atoms with E-state index in [1.807, 2.05) is 18.2 Å². The number of nitrogens with one attached hydrogen (secondary N) is 1. The molecule has 20 heavy (non-hydrogen) atoms. The van der Waals surface area contributed by atoms with E-state index in [1.54, 1.807) is 12.1 Å². The Morgan fingerprint density at radius 1 is 1.25 bits per heavy atom. The molecule has 2 aromatic rings. The maximum Gasteiger partial charge on any atom is 0.228 e. The van der Waals surface area contributed by atoms with Gasteiger partial charge < -0.3 is 11.1 Å². The van der Waals surface area contributed by atoms with Crippen molar-refractivity contribution in [2.45, 2.75) is 12.5 Å². The number of hydrogen-bond donors (Lipinski definition) is 2. The van der Waals surface area contributed by atoms with Gasteiger partial charge in [-0.3, -0.25) is 4.79 Å². The van der Waals surface area contributed by atoms with Gasteiger partial charge in [-0.1, -0.05) is 34.1 Å². The Morgan fingerprint density at radius 3 is 2.80 bits per heavy atom. The molecule has 102 valence electrons. The standard InChI is InChI=1S/C15H12BrFN2O/c16-10-2-3-11(12(17)7-10)15(18)8-1-4-13-9(5-8)6-14(20)19-13/h1-5,7,15H,6,18H2,(H,19,20). The number of rotatable bonds is 2. The summed E-state index contributed by atoms with van der Waals surface area (Å²) in [6.07, 6.45) is 0.346. The summed E-state index contributed by atoms with van der Waals surface area (Å²) >= 11 is 3.22. The summed E-state index contributed by atoms with van der Waals surface area (Å²) in [5, 5.41) is 2.76. The van der Waals surface area contributed by atoms with Gasteiger partial charge in [-0.25, -0.2) is 4.39 Å². The fourth-order valence-electron chi connectivity index (χ4n) is 2.38. The number of amides is 1. The van der Waals surface area contributed by atoms with E-state index in [0.29, 0.717) is 16.5 Å². The monoisotopic (exact) mass is 334 g/mol. The zero-order chi connectivity index (χ0) is 14.3. The van der Waals surface area contributed by atoms with E-state index in [-0.39, 0.29) is 11.7 Å². The molecule has 0 spiro atoms. The lowest BCUT2D eigenvalue weighted by Gasteiger charge is -2.14. The molecule has 1 amide bonds. The summed E-state index contributed by atoms with van der Waals surface area (Å²) in [6.45, 7) is 0. The van der Waals surface area contributed by atoms with Crippen LogP contribution in [0.25, 0.3) is 0 Å². The van der Waals surface area contributed by atoms with Crippen LogP contribution in [0.4, 0.5) is 10.1 Å². The molecule has 5 heteroatoms. The number of carbonyl (C=O) groups excluding carboxylic acids is 1. The van der Waals surface area contributed by atoms with Gasteiger partial charge in [0.25, 0.3) is 0 Å². The average molecular weight is 335 g/mol. The molecule has 1 unspecified atom stereocenters. The summed E-state index contributed by atoms with van der Waals surface area (Å²) < 4.78 is 14.6. The van der Waals surface area contributed by atoms with Gasteiger partial charge in [0.1, 0.15) is 5.82 Å². The van der Waals surface area contributed by atoms with Gasteiger partial charge in [0.2, 0.25) is 5.91 Å². The fourth-order valence-corrected chi connectivity index (χ4v) is 2.71. The molecule has 3 rings (SSSR count). The largest absolute Gasteiger partial charge is 0.326 e. The summed E-state index contributed by atoms with van der Waals surface area (Å²) in [5.74, 6) is -0.373. The van der Waals surface area contributed by atoms with Crippen LogP contribution in [-0.2, 0) is 11.2 Å². The minimum Gasteiger partial charge on any atom is -0.326 e. The first kappa shape index (κ1) is 13.3. The van der Waals surface area contributed by atoms with Gasteiger partial charge in [-0.2, -0.15) is 0 Å². The predicted octanol–water partition coefficient (Wildman–Crippen LogP) is 3.13. The number of anilines is 1. The molecule has 3 nitrogen and oxygen atoms in total. The lowest BCUT2D eigenvalue weighted by atomic mass is 9.97. The second kappa shape index (κ2) is 5.00. The zero-order valence-electron chi connectivity index (χ0n) is 10.5. The van der Waals surface area contributed by atoms with Gasteiger partial charge in [0, 0.05) is 15.7 Å². The number of halogens is 2. The molecule has 2 aromatic carbocycles. The van der Waals surface area contributed by atoms with Gasteiger partial charge >= 0.3 is 0 Å². The molecule has 1 atom stereocenters. The number of hydrogen-bond acceptors (Lipinski definition) is 2. The SMILES string of the molecule is NC(c1ccc2c(c1)CC(=O)N2)c1ccc(Br)cc1F. The topological polar surface area (TPSA) is 55.1 Å². The Hall–Kier alpha value is -1.72. The highest BCUT2D eigenvalue weighted by molar-refractivity contribution is 9.10. The smallest absolute Gasteiger partial charge is 0.228 e. The first-order valence-corrected chi connectivity index (χ1v) is 6.97. The van der Waals surface area contributed by atoms with Crippen molar-refractivity contribution in [1.82, 2.24) is 0 Å². The predicted molar refractivity (Wildman–Crippen MR) is 78.9 cm³/mol. The van der Waals surface area contributed by atoms with E-state index in [1.165, 1.54) is 6.07 Å². The molecule has 0 radical (unpaired) electrons. The number of benzene rings is 2. The summed E-state index contributed by atoms with van der Waals surface area (Å²) in [4.78, 5) is 11.3. The molecule has 0 aliphatic carbocycles.